The van der Waals surface area contributed by atoms with Crippen molar-refractivity contribution < 1.29 is 17.9 Å². The summed E-state index contributed by atoms with van der Waals surface area (Å²) in [6.07, 6.45) is 1.55. The van der Waals surface area contributed by atoms with Crippen LogP contribution in [0.2, 0.25) is 5.02 Å². The third-order valence-electron chi connectivity index (χ3n) is 4.62. The van der Waals surface area contributed by atoms with Crippen molar-refractivity contribution in [3.8, 4) is 0 Å². The summed E-state index contributed by atoms with van der Waals surface area (Å²) in [5, 5.41) is 0.438. The number of hydrogen-bond acceptors (Lipinski definition) is 4. The lowest BCUT2D eigenvalue weighted by molar-refractivity contribution is -0.147. The van der Waals surface area contributed by atoms with E-state index >= 15 is 0 Å². The molecule has 6 heteroatoms. The van der Waals surface area contributed by atoms with Crippen LogP contribution in [0.1, 0.15) is 30.9 Å². The highest BCUT2D eigenvalue weighted by Gasteiger charge is 2.55. The van der Waals surface area contributed by atoms with Crippen LogP contribution in [-0.2, 0) is 30.5 Å². The fourth-order valence-corrected chi connectivity index (χ4v) is 5.66. The molecule has 132 valence electrons. The van der Waals surface area contributed by atoms with Crippen molar-refractivity contribution in [2.45, 2.75) is 35.8 Å². The third-order valence-corrected chi connectivity index (χ3v) is 7.27. The van der Waals surface area contributed by atoms with Crippen LogP contribution in [0.5, 0.6) is 0 Å². The zero-order chi connectivity index (χ0) is 18.1. The fourth-order valence-electron chi connectivity index (χ4n) is 3.46. The number of aryl methyl sites for hydroxylation is 1. The van der Waals surface area contributed by atoms with Crippen molar-refractivity contribution in [1.82, 2.24) is 0 Å². The van der Waals surface area contributed by atoms with Gasteiger partial charge >= 0.3 is 5.97 Å². The molecule has 0 fully saturated rings. The highest BCUT2D eigenvalue weighted by Crippen LogP contribution is 2.45. The molecule has 0 saturated heterocycles. The van der Waals surface area contributed by atoms with Gasteiger partial charge in [-0.3, -0.25) is 0 Å². The van der Waals surface area contributed by atoms with Crippen molar-refractivity contribution in [3.63, 3.8) is 0 Å². The molecule has 1 aliphatic carbocycles. The monoisotopic (exact) mass is 378 g/mol. The maximum absolute atomic E-state index is 13.6. The van der Waals surface area contributed by atoms with Gasteiger partial charge in [-0.1, -0.05) is 35.9 Å². The molecule has 0 N–H and O–H groups in total. The number of carbonyl (C=O) groups is 1. The SMILES string of the molecule is CCOC(=O)C1(S(=O)(=O)c2ccc(Cl)cc2)CCCc2ccccc21. The van der Waals surface area contributed by atoms with E-state index in [4.69, 9.17) is 16.3 Å². The lowest BCUT2D eigenvalue weighted by Gasteiger charge is -2.36. The lowest BCUT2D eigenvalue weighted by Crippen LogP contribution is -2.47. The van der Waals surface area contributed by atoms with Gasteiger partial charge < -0.3 is 4.74 Å². The average molecular weight is 379 g/mol. The summed E-state index contributed by atoms with van der Waals surface area (Å²) in [5.41, 5.74) is 1.40. The molecule has 1 atom stereocenters. The maximum atomic E-state index is 13.6. The minimum absolute atomic E-state index is 0.0710. The Morgan fingerprint density at radius 1 is 1.16 bits per heavy atom. The van der Waals surface area contributed by atoms with E-state index in [1.54, 1.807) is 19.1 Å². The molecule has 4 nitrogen and oxygen atoms in total. The summed E-state index contributed by atoms with van der Waals surface area (Å²) < 4.78 is 30.6. The molecule has 0 radical (unpaired) electrons. The van der Waals surface area contributed by atoms with Gasteiger partial charge in [0.15, 0.2) is 14.6 Å². The fraction of sp³-hybridized carbons (Fsp3) is 0.316. The molecule has 0 saturated carbocycles. The van der Waals surface area contributed by atoms with Crippen LogP contribution in [0.3, 0.4) is 0 Å². The highest BCUT2D eigenvalue weighted by molar-refractivity contribution is 7.93. The Morgan fingerprint density at radius 3 is 2.52 bits per heavy atom. The topological polar surface area (TPSA) is 60.4 Å². The van der Waals surface area contributed by atoms with E-state index in [0.717, 1.165) is 12.0 Å². The smallest absolute Gasteiger partial charge is 0.332 e. The van der Waals surface area contributed by atoms with Gasteiger partial charge in [-0.25, -0.2) is 13.2 Å². The number of esters is 1. The molecule has 0 aromatic heterocycles. The van der Waals surface area contributed by atoms with Gasteiger partial charge in [0.05, 0.1) is 11.5 Å². The first-order chi connectivity index (χ1) is 11.9. The summed E-state index contributed by atoms with van der Waals surface area (Å²) in [6, 6.07) is 13.1. The number of sulfone groups is 1. The zero-order valence-electron chi connectivity index (χ0n) is 13.9. The second-order valence-corrected chi connectivity index (χ2v) is 8.63. The van der Waals surface area contributed by atoms with E-state index < -0.39 is 20.6 Å². The second-order valence-electron chi connectivity index (χ2n) is 6.02. The number of rotatable bonds is 4. The minimum Gasteiger partial charge on any atom is -0.465 e. The van der Waals surface area contributed by atoms with Crippen LogP contribution >= 0.6 is 11.6 Å². The Kier molecular flexibility index (Phi) is 4.89. The summed E-state index contributed by atoms with van der Waals surface area (Å²) in [5.74, 6) is -0.711. The van der Waals surface area contributed by atoms with E-state index in [9.17, 15) is 13.2 Å². The van der Waals surface area contributed by atoms with Crippen molar-refractivity contribution >= 4 is 27.4 Å². The van der Waals surface area contributed by atoms with Crippen LogP contribution in [0.4, 0.5) is 0 Å². The van der Waals surface area contributed by atoms with E-state index in [-0.39, 0.29) is 17.9 Å². The number of fused-ring (bicyclic) bond motifs is 1. The molecule has 1 aliphatic rings. The number of hydrogen-bond donors (Lipinski definition) is 0. The van der Waals surface area contributed by atoms with Crippen LogP contribution in [0, 0.1) is 0 Å². The van der Waals surface area contributed by atoms with Crippen molar-refractivity contribution in [1.29, 1.82) is 0 Å². The Balaban J connectivity index is 2.27. The Morgan fingerprint density at radius 2 is 1.84 bits per heavy atom. The van der Waals surface area contributed by atoms with E-state index in [1.165, 1.54) is 24.3 Å². The molecule has 0 spiro atoms. The van der Waals surface area contributed by atoms with Crippen LogP contribution < -0.4 is 0 Å². The van der Waals surface area contributed by atoms with Gasteiger partial charge in [-0.05, 0) is 61.6 Å². The van der Waals surface area contributed by atoms with E-state index in [2.05, 4.69) is 0 Å². The molecule has 3 rings (SSSR count). The van der Waals surface area contributed by atoms with Gasteiger partial charge in [0.2, 0.25) is 0 Å². The third kappa shape index (κ3) is 2.85. The molecule has 0 aliphatic heterocycles. The number of carbonyl (C=O) groups excluding carboxylic acids is 1. The Hall–Kier alpha value is -1.85. The van der Waals surface area contributed by atoms with E-state index in [1.807, 2.05) is 12.1 Å². The molecule has 25 heavy (non-hydrogen) atoms. The Labute approximate surface area is 152 Å². The summed E-state index contributed by atoms with van der Waals surface area (Å²) in [6.45, 7) is 1.80. The summed E-state index contributed by atoms with van der Waals surface area (Å²) in [4.78, 5) is 13.0. The van der Waals surface area contributed by atoms with Gasteiger partial charge in [0, 0.05) is 5.02 Å². The normalized spacial score (nSPS) is 19.9. The van der Waals surface area contributed by atoms with Crippen LogP contribution in [0.25, 0.3) is 0 Å². The lowest BCUT2D eigenvalue weighted by atomic mass is 9.82. The number of ether oxygens (including phenoxy) is 1. The first-order valence-corrected chi connectivity index (χ1v) is 10.1. The summed E-state index contributed by atoms with van der Waals surface area (Å²) in [7, 11) is -4.01. The predicted molar refractivity (Wildman–Crippen MR) is 96.3 cm³/mol. The van der Waals surface area contributed by atoms with Crippen LogP contribution in [0.15, 0.2) is 53.4 Å². The van der Waals surface area contributed by atoms with E-state index in [0.29, 0.717) is 17.0 Å². The van der Waals surface area contributed by atoms with Crippen LogP contribution in [-0.4, -0.2) is 21.0 Å². The molecule has 0 heterocycles. The summed E-state index contributed by atoms with van der Waals surface area (Å²) >= 11 is 5.89. The Bertz CT molecular complexity index is 890. The number of benzene rings is 2. The molecule has 0 bridgehead atoms. The highest BCUT2D eigenvalue weighted by atomic mass is 35.5. The van der Waals surface area contributed by atoms with Gasteiger partial charge in [0.1, 0.15) is 0 Å². The first-order valence-electron chi connectivity index (χ1n) is 8.19. The molecular formula is C19H19ClO4S. The molecular weight excluding hydrogens is 360 g/mol. The predicted octanol–water partition coefficient (Wildman–Crippen LogP) is 3.91. The quantitative estimate of drug-likeness (QED) is 0.757. The minimum atomic E-state index is -4.01. The second kappa shape index (κ2) is 6.81. The maximum Gasteiger partial charge on any atom is 0.332 e. The molecule has 0 amide bonds. The number of halogens is 1. The van der Waals surface area contributed by atoms with Gasteiger partial charge in [-0.15, -0.1) is 0 Å². The van der Waals surface area contributed by atoms with Crippen molar-refractivity contribution in [2.75, 3.05) is 6.61 Å². The zero-order valence-corrected chi connectivity index (χ0v) is 15.4. The van der Waals surface area contributed by atoms with Gasteiger partial charge in [-0.2, -0.15) is 0 Å². The molecule has 2 aromatic rings. The molecule has 1 unspecified atom stereocenters. The van der Waals surface area contributed by atoms with Gasteiger partial charge in [0.25, 0.3) is 0 Å². The first kappa shape index (κ1) is 18.0. The van der Waals surface area contributed by atoms with Crippen molar-refractivity contribution in [3.05, 3.63) is 64.7 Å². The molecule has 2 aromatic carbocycles. The van der Waals surface area contributed by atoms with Crippen molar-refractivity contribution in [2.24, 2.45) is 0 Å². The average Bonchev–Trinajstić information content (AvgIpc) is 2.61. The standard InChI is InChI=1S/C19H19ClO4S/c1-2-24-18(21)19(13-5-7-14-6-3-4-8-17(14)19)25(22,23)16-11-9-15(20)10-12-16/h3-4,6,8-12H,2,5,7,13H2,1H3. The largest absolute Gasteiger partial charge is 0.465 e.